The largest absolute Gasteiger partial charge is 0.391 e. The Labute approximate surface area is 114 Å². The van der Waals surface area contributed by atoms with Gasteiger partial charge in [-0.3, -0.25) is 0 Å². The summed E-state index contributed by atoms with van der Waals surface area (Å²) in [6, 6.07) is 0. The van der Waals surface area contributed by atoms with Crippen LogP contribution in [0.1, 0.15) is 27.7 Å². The number of hydrogen-bond donors (Lipinski definition) is 3. The van der Waals surface area contributed by atoms with Crippen LogP contribution in [-0.4, -0.2) is 45.8 Å². The molecule has 7 heteroatoms. The fourth-order valence-electron chi connectivity index (χ4n) is 1.54. The van der Waals surface area contributed by atoms with E-state index >= 15 is 0 Å². The van der Waals surface area contributed by atoms with Gasteiger partial charge in [0.1, 0.15) is 0 Å². The molecule has 7 nitrogen and oxygen atoms in total. The molecule has 0 bridgehead atoms. The topological polar surface area (TPSA) is 100 Å². The average molecular weight is 268 g/mol. The average Bonchev–Trinajstić information content (AvgIpc) is 2.36. The van der Waals surface area contributed by atoms with Crippen molar-refractivity contribution in [3.63, 3.8) is 0 Å². The first-order valence-electron chi connectivity index (χ1n) is 6.66. The Bertz CT molecular complexity index is 394. The van der Waals surface area contributed by atoms with Crippen molar-refractivity contribution in [2.75, 3.05) is 35.6 Å². The van der Waals surface area contributed by atoms with E-state index in [1.54, 1.807) is 0 Å². The Hall–Kier alpha value is -1.63. The van der Waals surface area contributed by atoms with Gasteiger partial charge in [-0.25, -0.2) is 0 Å². The van der Waals surface area contributed by atoms with Crippen molar-refractivity contribution in [2.45, 2.75) is 33.8 Å². The number of hydrogen-bond acceptors (Lipinski definition) is 7. The molecule has 108 valence electrons. The van der Waals surface area contributed by atoms with Crippen LogP contribution in [-0.2, 0) is 0 Å². The highest BCUT2D eigenvalue weighted by molar-refractivity contribution is 5.41. The minimum atomic E-state index is -0.449. The molecular weight excluding hydrogens is 244 g/mol. The van der Waals surface area contributed by atoms with Crippen molar-refractivity contribution < 1.29 is 5.11 Å². The summed E-state index contributed by atoms with van der Waals surface area (Å²) < 4.78 is 0. The van der Waals surface area contributed by atoms with Crippen molar-refractivity contribution in [3.05, 3.63) is 0 Å². The molecule has 1 rings (SSSR count). The van der Waals surface area contributed by atoms with Gasteiger partial charge < -0.3 is 21.1 Å². The molecule has 0 aliphatic rings. The Balaban J connectivity index is 2.79. The monoisotopic (exact) mass is 268 g/mol. The van der Waals surface area contributed by atoms with Gasteiger partial charge in [-0.15, -0.1) is 0 Å². The van der Waals surface area contributed by atoms with E-state index < -0.39 is 6.10 Å². The molecule has 4 N–H and O–H groups in total. The van der Waals surface area contributed by atoms with Crippen LogP contribution in [0, 0.1) is 5.92 Å². The normalized spacial score (nSPS) is 12.5. The highest BCUT2D eigenvalue weighted by Crippen LogP contribution is 2.12. The maximum atomic E-state index is 9.75. The molecule has 0 fully saturated rings. The lowest BCUT2D eigenvalue weighted by Crippen LogP contribution is -2.28. The summed E-state index contributed by atoms with van der Waals surface area (Å²) in [6.45, 7) is 9.95. The zero-order chi connectivity index (χ0) is 14.4. The molecule has 1 heterocycles. The van der Waals surface area contributed by atoms with Gasteiger partial charge in [-0.05, 0) is 19.8 Å². The highest BCUT2D eigenvalue weighted by atomic mass is 16.3. The molecule has 0 aliphatic carbocycles. The first-order chi connectivity index (χ1) is 8.97. The maximum absolute atomic E-state index is 9.75. The van der Waals surface area contributed by atoms with Crippen LogP contribution >= 0.6 is 0 Å². The first-order valence-corrected chi connectivity index (χ1v) is 6.66. The van der Waals surface area contributed by atoms with Gasteiger partial charge in [0.25, 0.3) is 0 Å². The van der Waals surface area contributed by atoms with Crippen LogP contribution in [0.15, 0.2) is 0 Å². The summed E-state index contributed by atoms with van der Waals surface area (Å²) in [5.41, 5.74) is 5.68. The fraction of sp³-hybridized carbons (Fsp3) is 0.750. The van der Waals surface area contributed by atoms with Crippen molar-refractivity contribution in [2.24, 2.45) is 5.92 Å². The molecule has 1 unspecified atom stereocenters. The summed E-state index contributed by atoms with van der Waals surface area (Å²) in [6.07, 6.45) is -0.449. The number of rotatable bonds is 7. The van der Waals surface area contributed by atoms with Crippen LogP contribution in [0.4, 0.5) is 17.8 Å². The molecule has 1 atom stereocenters. The highest BCUT2D eigenvalue weighted by Gasteiger charge is 2.12. The molecule has 19 heavy (non-hydrogen) atoms. The van der Waals surface area contributed by atoms with Crippen LogP contribution in [0.2, 0.25) is 0 Å². The van der Waals surface area contributed by atoms with Crippen molar-refractivity contribution in [1.82, 2.24) is 15.0 Å². The molecule has 0 aromatic carbocycles. The molecular formula is C12H24N6O. The zero-order valence-corrected chi connectivity index (χ0v) is 12.1. The second kappa shape index (κ2) is 7.08. The third-order valence-corrected chi connectivity index (χ3v) is 2.93. The third kappa shape index (κ3) is 4.51. The molecule has 0 radical (unpaired) electrons. The summed E-state index contributed by atoms with van der Waals surface area (Å²) in [5, 5.41) is 12.7. The Morgan fingerprint density at radius 1 is 1.21 bits per heavy atom. The molecule has 0 saturated heterocycles. The predicted octanol–water partition coefficient (Wildman–Crippen LogP) is 0.729. The molecule has 0 saturated carbocycles. The van der Waals surface area contributed by atoms with E-state index in [4.69, 9.17) is 5.73 Å². The number of nitrogens with one attached hydrogen (secondary N) is 1. The summed E-state index contributed by atoms with van der Waals surface area (Å²) in [5.74, 6) is 1.31. The lowest BCUT2D eigenvalue weighted by Gasteiger charge is -2.20. The number of aromatic nitrogens is 3. The van der Waals surface area contributed by atoms with Crippen molar-refractivity contribution in [1.29, 1.82) is 0 Å². The number of aliphatic hydroxyl groups is 1. The van der Waals surface area contributed by atoms with Gasteiger partial charge in [0.15, 0.2) is 0 Å². The van der Waals surface area contributed by atoms with E-state index in [0.717, 1.165) is 13.1 Å². The third-order valence-electron chi connectivity index (χ3n) is 2.93. The maximum Gasteiger partial charge on any atom is 0.231 e. The number of nitrogens with zero attached hydrogens (tertiary/aromatic N) is 4. The summed E-state index contributed by atoms with van der Waals surface area (Å²) in [4.78, 5) is 14.4. The Morgan fingerprint density at radius 3 is 2.37 bits per heavy atom. The van der Waals surface area contributed by atoms with Gasteiger partial charge in [0, 0.05) is 19.6 Å². The standard InChI is InChI=1S/C12H24N6O/c1-5-18(6-2)12-16-10(13)15-11(17-12)14-7-9(19)8(3)4/h8-9,19H,5-7H2,1-4H3,(H3,13,14,15,16,17). The van der Waals surface area contributed by atoms with Crippen LogP contribution in [0.5, 0.6) is 0 Å². The van der Waals surface area contributed by atoms with E-state index in [-0.39, 0.29) is 11.9 Å². The summed E-state index contributed by atoms with van der Waals surface area (Å²) >= 11 is 0. The zero-order valence-electron chi connectivity index (χ0n) is 12.1. The van der Waals surface area contributed by atoms with Gasteiger partial charge in [0.05, 0.1) is 6.10 Å². The quantitative estimate of drug-likeness (QED) is 0.670. The molecule has 0 spiro atoms. The smallest absolute Gasteiger partial charge is 0.231 e. The number of anilines is 3. The van der Waals surface area contributed by atoms with Crippen LogP contribution < -0.4 is 16.0 Å². The Kier molecular flexibility index (Phi) is 5.75. The van der Waals surface area contributed by atoms with E-state index in [9.17, 15) is 5.11 Å². The number of nitrogens with two attached hydrogens (primary N) is 1. The van der Waals surface area contributed by atoms with Crippen LogP contribution in [0.25, 0.3) is 0 Å². The second-order valence-corrected chi connectivity index (χ2v) is 4.68. The molecule has 1 aromatic heterocycles. The number of nitrogen functional groups attached to an aromatic ring is 1. The predicted molar refractivity (Wildman–Crippen MR) is 77.1 cm³/mol. The van der Waals surface area contributed by atoms with Gasteiger partial charge >= 0.3 is 0 Å². The first kappa shape index (κ1) is 15.4. The van der Waals surface area contributed by atoms with Gasteiger partial charge in [0.2, 0.25) is 17.8 Å². The minimum Gasteiger partial charge on any atom is -0.391 e. The van der Waals surface area contributed by atoms with Crippen molar-refractivity contribution in [3.8, 4) is 0 Å². The van der Waals surface area contributed by atoms with Crippen molar-refractivity contribution >= 4 is 17.8 Å². The lowest BCUT2D eigenvalue weighted by atomic mass is 10.1. The lowest BCUT2D eigenvalue weighted by molar-refractivity contribution is 0.137. The SMILES string of the molecule is CCN(CC)c1nc(N)nc(NCC(O)C(C)C)n1. The molecule has 0 amide bonds. The second-order valence-electron chi connectivity index (χ2n) is 4.68. The van der Waals surface area contributed by atoms with Gasteiger partial charge in [-0.2, -0.15) is 15.0 Å². The minimum absolute atomic E-state index is 0.175. The van der Waals surface area contributed by atoms with Gasteiger partial charge in [-0.1, -0.05) is 13.8 Å². The molecule has 0 aliphatic heterocycles. The molecule has 1 aromatic rings. The Morgan fingerprint density at radius 2 is 1.84 bits per heavy atom. The fourth-order valence-corrected chi connectivity index (χ4v) is 1.54. The van der Waals surface area contributed by atoms with E-state index in [0.29, 0.717) is 18.4 Å². The van der Waals surface area contributed by atoms with E-state index in [2.05, 4.69) is 20.3 Å². The number of aliphatic hydroxyl groups excluding tert-OH is 1. The van der Waals surface area contributed by atoms with Crippen LogP contribution in [0.3, 0.4) is 0 Å². The summed E-state index contributed by atoms with van der Waals surface area (Å²) in [7, 11) is 0. The van der Waals surface area contributed by atoms with E-state index in [1.807, 2.05) is 32.6 Å². The van der Waals surface area contributed by atoms with E-state index in [1.165, 1.54) is 0 Å².